The highest BCUT2D eigenvalue weighted by Gasteiger charge is 1.96. The summed E-state index contributed by atoms with van der Waals surface area (Å²) in [7, 11) is 1.93. The first-order chi connectivity index (χ1) is 8.78. The number of benzene rings is 2. The maximum atomic E-state index is 5.85. The van der Waals surface area contributed by atoms with Crippen LogP contribution in [0.4, 0.5) is 5.69 Å². The standard InChI is InChI=1S/C15H17ClN2/c1-17-15-4-2-3-13(9-15)11-18-10-12-5-7-14(16)8-6-12/h2-9,17-18H,10-11H2,1H3. The van der Waals surface area contributed by atoms with Gasteiger partial charge in [-0.05, 0) is 35.4 Å². The molecule has 0 aliphatic carbocycles. The van der Waals surface area contributed by atoms with Gasteiger partial charge in [0.15, 0.2) is 0 Å². The molecule has 0 amide bonds. The molecule has 0 spiro atoms. The maximum absolute atomic E-state index is 5.85. The molecule has 0 atom stereocenters. The first-order valence-corrected chi connectivity index (χ1v) is 6.37. The molecule has 0 saturated carbocycles. The van der Waals surface area contributed by atoms with E-state index in [-0.39, 0.29) is 0 Å². The first kappa shape index (κ1) is 12.9. The minimum Gasteiger partial charge on any atom is -0.388 e. The Morgan fingerprint density at radius 2 is 1.67 bits per heavy atom. The fourth-order valence-corrected chi connectivity index (χ4v) is 1.92. The molecule has 0 aliphatic heterocycles. The summed E-state index contributed by atoms with van der Waals surface area (Å²) in [6, 6.07) is 16.3. The van der Waals surface area contributed by atoms with Gasteiger partial charge in [0.05, 0.1) is 0 Å². The Morgan fingerprint density at radius 3 is 2.39 bits per heavy atom. The summed E-state index contributed by atoms with van der Waals surface area (Å²) in [4.78, 5) is 0. The fourth-order valence-electron chi connectivity index (χ4n) is 1.79. The topological polar surface area (TPSA) is 24.1 Å². The molecule has 0 fully saturated rings. The van der Waals surface area contributed by atoms with E-state index in [1.54, 1.807) is 0 Å². The summed E-state index contributed by atoms with van der Waals surface area (Å²) in [5.41, 5.74) is 3.65. The second-order valence-electron chi connectivity index (χ2n) is 4.18. The summed E-state index contributed by atoms with van der Waals surface area (Å²) >= 11 is 5.85. The average molecular weight is 261 g/mol. The lowest BCUT2D eigenvalue weighted by Crippen LogP contribution is -2.12. The van der Waals surface area contributed by atoms with Crippen molar-refractivity contribution in [2.24, 2.45) is 0 Å². The van der Waals surface area contributed by atoms with Gasteiger partial charge in [-0.3, -0.25) is 0 Å². The Bertz CT molecular complexity index is 494. The molecule has 3 heteroatoms. The Kier molecular flexibility index (Phi) is 4.62. The van der Waals surface area contributed by atoms with Gasteiger partial charge in [-0.25, -0.2) is 0 Å². The molecule has 0 saturated heterocycles. The number of rotatable bonds is 5. The summed E-state index contributed by atoms with van der Waals surface area (Å²) in [5, 5.41) is 7.34. The van der Waals surface area contributed by atoms with Crippen LogP contribution in [0.5, 0.6) is 0 Å². The summed E-state index contributed by atoms with van der Waals surface area (Å²) in [5.74, 6) is 0. The zero-order chi connectivity index (χ0) is 12.8. The highest BCUT2D eigenvalue weighted by atomic mass is 35.5. The second kappa shape index (κ2) is 6.43. The van der Waals surface area contributed by atoms with Crippen LogP contribution in [0.15, 0.2) is 48.5 Å². The van der Waals surface area contributed by atoms with Crippen LogP contribution in [0.3, 0.4) is 0 Å². The van der Waals surface area contributed by atoms with Crippen molar-refractivity contribution >= 4 is 17.3 Å². The van der Waals surface area contributed by atoms with Crippen molar-refractivity contribution in [2.75, 3.05) is 12.4 Å². The van der Waals surface area contributed by atoms with E-state index >= 15 is 0 Å². The molecular formula is C15H17ClN2. The third-order valence-electron chi connectivity index (χ3n) is 2.79. The van der Waals surface area contributed by atoms with Gasteiger partial charge in [0.2, 0.25) is 0 Å². The number of hydrogen-bond acceptors (Lipinski definition) is 2. The van der Waals surface area contributed by atoms with Crippen molar-refractivity contribution in [1.82, 2.24) is 5.32 Å². The molecule has 2 N–H and O–H groups in total. The molecule has 0 radical (unpaired) electrons. The van der Waals surface area contributed by atoms with Crippen molar-refractivity contribution in [3.05, 3.63) is 64.7 Å². The van der Waals surface area contributed by atoms with Crippen molar-refractivity contribution in [1.29, 1.82) is 0 Å². The lowest BCUT2D eigenvalue weighted by molar-refractivity contribution is 0.693. The minimum absolute atomic E-state index is 0.778. The van der Waals surface area contributed by atoms with Gasteiger partial charge in [0.1, 0.15) is 0 Å². The third kappa shape index (κ3) is 3.76. The van der Waals surface area contributed by atoms with E-state index in [9.17, 15) is 0 Å². The van der Waals surface area contributed by atoms with Crippen molar-refractivity contribution < 1.29 is 0 Å². The predicted molar refractivity (Wildman–Crippen MR) is 78.0 cm³/mol. The number of nitrogens with one attached hydrogen (secondary N) is 2. The zero-order valence-corrected chi connectivity index (χ0v) is 11.2. The van der Waals surface area contributed by atoms with E-state index in [1.807, 2.05) is 31.3 Å². The van der Waals surface area contributed by atoms with Gasteiger partial charge < -0.3 is 10.6 Å². The molecular weight excluding hydrogens is 244 g/mol. The maximum Gasteiger partial charge on any atom is 0.0406 e. The molecule has 18 heavy (non-hydrogen) atoms. The lowest BCUT2D eigenvalue weighted by Gasteiger charge is -2.07. The minimum atomic E-state index is 0.778. The van der Waals surface area contributed by atoms with Crippen LogP contribution < -0.4 is 10.6 Å². The molecule has 94 valence electrons. The van der Waals surface area contributed by atoms with Gasteiger partial charge in [0, 0.05) is 30.8 Å². The van der Waals surface area contributed by atoms with Gasteiger partial charge >= 0.3 is 0 Å². The molecule has 0 aliphatic rings. The molecule has 2 aromatic rings. The second-order valence-corrected chi connectivity index (χ2v) is 4.62. The summed E-state index contributed by atoms with van der Waals surface area (Å²) in [6.45, 7) is 1.71. The lowest BCUT2D eigenvalue weighted by atomic mass is 10.2. The van der Waals surface area contributed by atoms with E-state index in [1.165, 1.54) is 11.1 Å². The SMILES string of the molecule is CNc1cccc(CNCc2ccc(Cl)cc2)c1. The highest BCUT2D eigenvalue weighted by Crippen LogP contribution is 2.11. The van der Waals surface area contributed by atoms with Gasteiger partial charge in [0.25, 0.3) is 0 Å². The predicted octanol–water partition coefficient (Wildman–Crippen LogP) is 3.67. The third-order valence-corrected chi connectivity index (χ3v) is 3.04. The average Bonchev–Trinajstić information content (AvgIpc) is 2.41. The normalized spacial score (nSPS) is 10.3. The highest BCUT2D eigenvalue weighted by molar-refractivity contribution is 6.30. The molecule has 0 unspecified atom stereocenters. The zero-order valence-electron chi connectivity index (χ0n) is 10.4. The van der Waals surface area contributed by atoms with E-state index in [2.05, 4.69) is 34.9 Å². The number of hydrogen-bond donors (Lipinski definition) is 2. The first-order valence-electron chi connectivity index (χ1n) is 6.00. The van der Waals surface area contributed by atoms with Gasteiger partial charge in [-0.2, -0.15) is 0 Å². The van der Waals surface area contributed by atoms with Gasteiger partial charge in [-0.1, -0.05) is 35.9 Å². The van der Waals surface area contributed by atoms with Crippen molar-refractivity contribution in [2.45, 2.75) is 13.1 Å². The van der Waals surface area contributed by atoms with E-state index in [0.717, 1.165) is 23.8 Å². The van der Waals surface area contributed by atoms with Crippen LogP contribution in [-0.2, 0) is 13.1 Å². The van der Waals surface area contributed by atoms with Crippen molar-refractivity contribution in [3.8, 4) is 0 Å². The number of anilines is 1. The van der Waals surface area contributed by atoms with Gasteiger partial charge in [-0.15, -0.1) is 0 Å². The number of halogens is 1. The van der Waals surface area contributed by atoms with E-state index in [4.69, 9.17) is 11.6 Å². The summed E-state index contributed by atoms with van der Waals surface area (Å²) in [6.07, 6.45) is 0. The molecule has 0 bridgehead atoms. The van der Waals surface area contributed by atoms with Crippen LogP contribution in [0.1, 0.15) is 11.1 Å². The quantitative estimate of drug-likeness (QED) is 0.857. The van der Waals surface area contributed by atoms with Crippen molar-refractivity contribution in [3.63, 3.8) is 0 Å². The largest absolute Gasteiger partial charge is 0.388 e. The smallest absolute Gasteiger partial charge is 0.0406 e. The van der Waals surface area contributed by atoms with E-state index in [0.29, 0.717) is 0 Å². The Labute approximate surface area is 113 Å². The van der Waals surface area contributed by atoms with E-state index < -0.39 is 0 Å². The van der Waals surface area contributed by atoms with Crippen LogP contribution in [0.2, 0.25) is 5.02 Å². The van der Waals surface area contributed by atoms with Crippen LogP contribution >= 0.6 is 11.6 Å². The molecule has 0 heterocycles. The Morgan fingerprint density at radius 1 is 0.944 bits per heavy atom. The summed E-state index contributed by atoms with van der Waals surface area (Å²) < 4.78 is 0. The molecule has 0 aromatic heterocycles. The molecule has 2 rings (SSSR count). The monoisotopic (exact) mass is 260 g/mol. The molecule has 2 aromatic carbocycles. The fraction of sp³-hybridized carbons (Fsp3) is 0.200. The Balaban J connectivity index is 1.86. The van der Waals surface area contributed by atoms with Crippen LogP contribution in [-0.4, -0.2) is 7.05 Å². The molecule has 2 nitrogen and oxygen atoms in total. The Hall–Kier alpha value is -1.51. The van der Waals surface area contributed by atoms with Crippen LogP contribution in [0, 0.1) is 0 Å². The van der Waals surface area contributed by atoms with Crippen LogP contribution in [0.25, 0.3) is 0 Å².